The summed E-state index contributed by atoms with van der Waals surface area (Å²) in [5, 5.41) is 0.965. The van der Waals surface area contributed by atoms with Gasteiger partial charge in [-0.3, -0.25) is 4.79 Å². The fourth-order valence-corrected chi connectivity index (χ4v) is 2.52. The van der Waals surface area contributed by atoms with Gasteiger partial charge in [-0.2, -0.15) is 0 Å². The van der Waals surface area contributed by atoms with Crippen LogP contribution >= 0.6 is 0 Å². The lowest BCUT2D eigenvalue weighted by molar-refractivity contribution is 0.0601. The van der Waals surface area contributed by atoms with Crippen molar-refractivity contribution in [2.75, 3.05) is 19.1 Å². The van der Waals surface area contributed by atoms with Crippen molar-refractivity contribution in [1.29, 1.82) is 0 Å². The first-order valence-corrected chi connectivity index (χ1v) is 7.43. The SMILES string of the molecule is COC(=O)c1ccccc1N(C)C(=O)c1ccc2ccccc2n1. The number of rotatable bonds is 3. The van der Waals surface area contributed by atoms with Crippen molar-refractivity contribution in [2.45, 2.75) is 0 Å². The molecule has 120 valence electrons. The molecule has 0 aliphatic carbocycles. The molecule has 2 aromatic carbocycles. The van der Waals surface area contributed by atoms with E-state index in [1.807, 2.05) is 30.3 Å². The Hall–Kier alpha value is -3.21. The van der Waals surface area contributed by atoms with Gasteiger partial charge < -0.3 is 9.64 Å². The molecule has 5 heteroatoms. The van der Waals surface area contributed by atoms with Crippen LogP contribution in [0, 0.1) is 0 Å². The summed E-state index contributed by atoms with van der Waals surface area (Å²) in [4.78, 5) is 30.5. The minimum Gasteiger partial charge on any atom is -0.465 e. The third kappa shape index (κ3) is 2.84. The van der Waals surface area contributed by atoms with E-state index in [4.69, 9.17) is 4.74 Å². The molecule has 0 aliphatic heterocycles. The van der Waals surface area contributed by atoms with E-state index >= 15 is 0 Å². The van der Waals surface area contributed by atoms with Gasteiger partial charge in [0, 0.05) is 12.4 Å². The smallest absolute Gasteiger partial charge is 0.339 e. The zero-order valence-corrected chi connectivity index (χ0v) is 13.4. The van der Waals surface area contributed by atoms with Crippen molar-refractivity contribution in [2.24, 2.45) is 0 Å². The number of anilines is 1. The Labute approximate surface area is 139 Å². The van der Waals surface area contributed by atoms with E-state index in [0.717, 1.165) is 10.9 Å². The molecule has 1 amide bonds. The van der Waals surface area contributed by atoms with E-state index in [1.165, 1.54) is 12.0 Å². The normalized spacial score (nSPS) is 10.4. The second-order valence-electron chi connectivity index (χ2n) is 5.26. The van der Waals surface area contributed by atoms with Crippen LogP contribution in [-0.2, 0) is 4.74 Å². The number of aromatic nitrogens is 1. The lowest BCUT2D eigenvalue weighted by atomic mass is 10.1. The Balaban J connectivity index is 1.98. The fraction of sp³-hybridized carbons (Fsp3) is 0.105. The molecule has 0 spiro atoms. The molecule has 0 N–H and O–H groups in total. The molecular formula is C19H16N2O3. The number of carbonyl (C=O) groups is 2. The lowest BCUT2D eigenvalue weighted by Gasteiger charge is -2.19. The molecule has 0 atom stereocenters. The quantitative estimate of drug-likeness (QED) is 0.695. The Morgan fingerprint density at radius 2 is 1.67 bits per heavy atom. The van der Waals surface area contributed by atoms with Crippen LogP contribution in [0.25, 0.3) is 10.9 Å². The first-order chi connectivity index (χ1) is 11.6. The zero-order chi connectivity index (χ0) is 17.1. The third-order valence-electron chi connectivity index (χ3n) is 3.79. The first-order valence-electron chi connectivity index (χ1n) is 7.43. The number of ether oxygens (including phenoxy) is 1. The van der Waals surface area contributed by atoms with Crippen molar-refractivity contribution >= 4 is 28.5 Å². The van der Waals surface area contributed by atoms with Crippen LogP contribution in [0.15, 0.2) is 60.7 Å². The zero-order valence-electron chi connectivity index (χ0n) is 13.4. The standard InChI is InChI=1S/C19H16N2O3/c1-21(17-10-6-4-8-14(17)19(23)24-2)18(22)16-12-11-13-7-3-5-9-15(13)20-16/h3-12H,1-2H3. The predicted octanol–water partition coefficient (Wildman–Crippen LogP) is 3.30. The summed E-state index contributed by atoms with van der Waals surface area (Å²) < 4.78 is 4.78. The minimum absolute atomic E-state index is 0.294. The number of benzene rings is 2. The maximum absolute atomic E-state index is 12.8. The molecule has 0 unspecified atom stereocenters. The first kappa shape index (κ1) is 15.7. The Morgan fingerprint density at radius 1 is 0.958 bits per heavy atom. The van der Waals surface area contributed by atoms with Gasteiger partial charge in [-0.15, -0.1) is 0 Å². The highest BCUT2D eigenvalue weighted by atomic mass is 16.5. The highest BCUT2D eigenvalue weighted by molar-refractivity contribution is 6.09. The van der Waals surface area contributed by atoms with Crippen molar-refractivity contribution in [1.82, 2.24) is 4.98 Å². The van der Waals surface area contributed by atoms with E-state index in [9.17, 15) is 9.59 Å². The molecule has 5 nitrogen and oxygen atoms in total. The summed E-state index contributed by atoms with van der Waals surface area (Å²) in [7, 11) is 2.92. The predicted molar refractivity (Wildman–Crippen MR) is 92.3 cm³/mol. The third-order valence-corrected chi connectivity index (χ3v) is 3.79. The minimum atomic E-state index is -0.489. The van der Waals surface area contributed by atoms with Gasteiger partial charge in [0.1, 0.15) is 5.69 Å². The van der Waals surface area contributed by atoms with E-state index in [0.29, 0.717) is 16.9 Å². The Morgan fingerprint density at radius 3 is 2.46 bits per heavy atom. The number of pyridine rings is 1. The van der Waals surface area contributed by atoms with Crippen molar-refractivity contribution in [3.05, 3.63) is 71.9 Å². The number of methoxy groups -OCH3 is 1. The Kier molecular flexibility index (Phi) is 4.24. The summed E-state index contributed by atoms with van der Waals surface area (Å²) in [6.07, 6.45) is 0. The fourth-order valence-electron chi connectivity index (χ4n) is 2.52. The molecule has 3 rings (SSSR count). The van der Waals surface area contributed by atoms with Crippen molar-refractivity contribution < 1.29 is 14.3 Å². The van der Waals surface area contributed by atoms with Gasteiger partial charge in [0.2, 0.25) is 0 Å². The number of para-hydroxylation sites is 2. The average Bonchev–Trinajstić information content (AvgIpc) is 2.65. The molecule has 1 aromatic heterocycles. The van der Waals surface area contributed by atoms with Gasteiger partial charge in [0.05, 0.1) is 23.9 Å². The molecule has 0 saturated carbocycles. The number of fused-ring (bicyclic) bond motifs is 1. The second-order valence-corrected chi connectivity index (χ2v) is 5.26. The summed E-state index contributed by atoms with van der Waals surface area (Å²) in [5.74, 6) is -0.783. The van der Waals surface area contributed by atoms with Crippen molar-refractivity contribution in [3.8, 4) is 0 Å². The monoisotopic (exact) mass is 320 g/mol. The highest BCUT2D eigenvalue weighted by Gasteiger charge is 2.20. The van der Waals surface area contributed by atoms with Gasteiger partial charge >= 0.3 is 5.97 Å². The van der Waals surface area contributed by atoms with Gasteiger partial charge in [-0.25, -0.2) is 9.78 Å². The van der Waals surface area contributed by atoms with Crippen LogP contribution < -0.4 is 4.90 Å². The molecular weight excluding hydrogens is 304 g/mol. The van der Waals surface area contributed by atoms with Crippen LogP contribution in [0.3, 0.4) is 0 Å². The molecule has 3 aromatic rings. The van der Waals surface area contributed by atoms with E-state index in [1.54, 1.807) is 37.4 Å². The van der Waals surface area contributed by atoms with Crippen molar-refractivity contribution in [3.63, 3.8) is 0 Å². The van der Waals surface area contributed by atoms with Crippen LogP contribution in [0.5, 0.6) is 0 Å². The average molecular weight is 320 g/mol. The topological polar surface area (TPSA) is 59.5 Å². The van der Waals surface area contributed by atoms with Crippen LogP contribution in [0.2, 0.25) is 0 Å². The lowest BCUT2D eigenvalue weighted by Crippen LogP contribution is -2.28. The number of carbonyl (C=O) groups excluding carboxylic acids is 2. The van der Waals surface area contributed by atoms with Crippen LogP contribution in [-0.4, -0.2) is 31.0 Å². The number of nitrogens with zero attached hydrogens (tertiary/aromatic N) is 2. The molecule has 0 aliphatic rings. The van der Waals surface area contributed by atoms with Gasteiger partial charge in [0.15, 0.2) is 0 Å². The number of hydrogen-bond acceptors (Lipinski definition) is 4. The molecule has 1 heterocycles. The van der Waals surface area contributed by atoms with Crippen LogP contribution in [0.1, 0.15) is 20.8 Å². The van der Waals surface area contributed by atoms with E-state index in [2.05, 4.69) is 4.98 Å². The van der Waals surface area contributed by atoms with Crippen LogP contribution in [0.4, 0.5) is 5.69 Å². The van der Waals surface area contributed by atoms with Gasteiger partial charge in [-0.05, 0) is 24.3 Å². The van der Waals surface area contributed by atoms with E-state index in [-0.39, 0.29) is 5.91 Å². The summed E-state index contributed by atoms with van der Waals surface area (Å²) >= 11 is 0. The largest absolute Gasteiger partial charge is 0.465 e. The van der Waals surface area contributed by atoms with E-state index < -0.39 is 5.97 Å². The number of esters is 1. The number of hydrogen-bond donors (Lipinski definition) is 0. The molecule has 0 saturated heterocycles. The number of amides is 1. The molecule has 24 heavy (non-hydrogen) atoms. The molecule has 0 radical (unpaired) electrons. The highest BCUT2D eigenvalue weighted by Crippen LogP contribution is 2.22. The summed E-state index contributed by atoms with van der Waals surface area (Å²) in [6.45, 7) is 0. The Bertz CT molecular complexity index is 921. The second kappa shape index (κ2) is 6.50. The molecule has 0 bridgehead atoms. The summed E-state index contributed by atoms with van der Waals surface area (Å²) in [6, 6.07) is 17.9. The molecule has 0 fully saturated rings. The summed E-state index contributed by atoms with van der Waals surface area (Å²) in [5.41, 5.74) is 1.87. The maximum Gasteiger partial charge on any atom is 0.339 e. The van der Waals surface area contributed by atoms with Gasteiger partial charge in [0.25, 0.3) is 5.91 Å². The maximum atomic E-state index is 12.8. The van der Waals surface area contributed by atoms with Gasteiger partial charge in [-0.1, -0.05) is 36.4 Å².